The van der Waals surface area contributed by atoms with Crippen LogP contribution in [0.3, 0.4) is 0 Å². The normalized spacial score (nSPS) is 23.5. The number of hydrogen-bond acceptors (Lipinski definition) is 6. The zero-order valence-corrected chi connectivity index (χ0v) is 24.3. The summed E-state index contributed by atoms with van der Waals surface area (Å²) >= 11 is 12.5. The zero-order valence-electron chi connectivity index (χ0n) is 22.8. The molecule has 1 amide bonds. The summed E-state index contributed by atoms with van der Waals surface area (Å²) in [5.74, 6) is 0.586. The van der Waals surface area contributed by atoms with Crippen molar-refractivity contribution in [2.24, 2.45) is 0 Å². The molecule has 2 aliphatic rings. The van der Waals surface area contributed by atoms with Crippen molar-refractivity contribution < 1.29 is 14.6 Å². The summed E-state index contributed by atoms with van der Waals surface area (Å²) in [6.07, 6.45) is -0.0733. The number of piperazine rings is 1. The van der Waals surface area contributed by atoms with E-state index < -0.39 is 5.66 Å². The van der Waals surface area contributed by atoms with Gasteiger partial charge in [0.15, 0.2) is 5.66 Å². The Labute approximate surface area is 246 Å². The van der Waals surface area contributed by atoms with Crippen molar-refractivity contribution in [2.45, 2.75) is 37.7 Å². The molecule has 3 aromatic rings. The number of hydrogen-bond donors (Lipinski definition) is 3. The van der Waals surface area contributed by atoms with Crippen molar-refractivity contribution in [3.8, 4) is 5.75 Å². The SMILES string of the molecule is CC(C)Oc1ccccc1C1(C(=O)N2CCN(CCO)CC2)NC(c2ccc(Cl)cc2)C(c2ccc(Cl)cc2)N1. The van der Waals surface area contributed by atoms with E-state index in [1.807, 2.05) is 91.5 Å². The summed E-state index contributed by atoms with van der Waals surface area (Å²) in [5, 5.41) is 18.2. The van der Waals surface area contributed by atoms with Crippen molar-refractivity contribution in [3.05, 3.63) is 99.5 Å². The number of rotatable bonds is 8. The molecule has 0 aromatic heterocycles. The summed E-state index contributed by atoms with van der Waals surface area (Å²) in [7, 11) is 0. The highest BCUT2D eigenvalue weighted by molar-refractivity contribution is 6.30. The van der Waals surface area contributed by atoms with Gasteiger partial charge >= 0.3 is 0 Å². The van der Waals surface area contributed by atoms with Crippen LogP contribution in [0.5, 0.6) is 5.75 Å². The van der Waals surface area contributed by atoms with Gasteiger partial charge < -0.3 is 14.7 Å². The Balaban J connectivity index is 1.61. The first kappa shape index (κ1) is 28.9. The lowest BCUT2D eigenvalue weighted by Crippen LogP contribution is -2.62. The zero-order chi connectivity index (χ0) is 28.3. The van der Waals surface area contributed by atoms with Gasteiger partial charge in [-0.2, -0.15) is 0 Å². The number of carbonyl (C=O) groups excluding carboxylic acids is 1. The van der Waals surface area contributed by atoms with Crippen molar-refractivity contribution in [3.63, 3.8) is 0 Å². The summed E-state index contributed by atoms with van der Waals surface area (Å²) in [5.41, 5.74) is 1.48. The van der Waals surface area contributed by atoms with E-state index in [0.717, 1.165) is 16.7 Å². The highest BCUT2D eigenvalue weighted by Crippen LogP contribution is 2.44. The number of amides is 1. The second-order valence-corrected chi connectivity index (χ2v) is 11.5. The van der Waals surface area contributed by atoms with Crippen molar-refractivity contribution in [2.75, 3.05) is 39.3 Å². The lowest BCUT2D eigenvalue weighted by Gasteiger charge is -2.40. The fraction of sp³-hybridized carbons (Fsp3) is 0.387. The van der Waals surface area contributed by atoms with Crippen LogP contribution in [-0.2, 0) is 10.5 Å². The summed E-state index contributed by atoms with van der Waals surface area (Å²) in [6, 6.07) is 22.7. The average molecular weight is 584 g/mol. The number of aliphatic hydroxyl groups is 1. The first-order chi connectivity index (χ1) is 19.3. The van der Waals surface area contributed by atoms with Crippen LogP contribution < -0.4 is 15.4 Å². The molecule has 0 aliphatic carbocycles. The Morgan fingerprint density at radius 2 is 1.43 bits per heavy atom. The number of β-amino-alcohol motifs (C(OH)–C–C–N with tert-alkyl or cyclic N) is 1. The summed E-state index contributed by atoms with van der Waals surface area (Å²) in [4.78, 5) is 18.8. The molecule has 7 nitrogen and oxygen atoms in total. The van der Waals surface area contributed by atoms with Crippen LogP contribution in [0.4, 0.5) is 0 Å². The van der Waals surface area contributed by atoms with Gasteiger partial charge in [-0.05, 0) is 55.3 Å². The highest BCUT2D eigenvalue weighted by Gasteiger charge is 2.54. The number of nitrogens with one attached hydrogen (secondary N) is 2. The van der Waals surface area contributed by atoms with Crippen LogP contribution in [0.1, 0.15) is 42.6 Å². The van der Waals surface area contributed by atoms with Gasteiger partial charge in [-0.1, -0.05) is 65.7 Å². The lowest BCUT2D eigenvalue weighted by atomic mass is 9.95. The van der Waals surface area contributed by atoms with Gasteiger partial charge in [0.2, 0.25) is 0 Å². The minimum atomic E-state index is -1.26. The minimum Gasteiger partial charge on any atom is -0.491 e. The number of nitrogens with zero attached hydrogens (tertiary/aromatic N) is 2. The molecule has 0 bridgehead atoms. The average Bonchev–Trinajstić information content (AvgIpc) is 3.36. The molecule has 2 aliphatic heterocycles. The fourth-order valence-electron chi connectivity index (χ4n) is 5.65. The number of aliphatic hydroxyl groups excluding tert-OH is 1. The van der Waals surface area contributed by atoms with Crippen LogP contribution in [0.15, 0.2) is 72.8 Å². The van der Waals surface area contributed by atoms with Gasteiger partial charge in [-0.3, -0.25) is 20.3 Å². The van der Waals surface area contributed by atoms with E-state index >= 15 is 0 Å². The van der Waals surface area contributed by atoms with Crippen molar-refractivity contribution in [1.29, 1.82) is 0 Å². The van der Waals surface area contributed by atoms with Crippen LogP contribution in [0, 0.1) is 0 Å². The number of benzene rings is 3. The van der Waals surface area contributed by atoms with Crippen LogP contribution in [-0.4, -0.2) is 66.2 Å². The fourth-order valence-corrected chi connectivity index (χ4v) is 5.90. The molecule has 2 fully saturated rings. The van der Waals surface area contributed by atoms with Gasteiger partial charge in [0.1, 0.15) is 5.75 Å². The molecule has 2 saturated heterocycles. The molecule has 5 rings (SSSR count). The van der Waals surface area contributed by atoms with E-state index in [0.29, 0.717) is 48.5 Å². The largest absolute Gasteiger partial charge is 0.491 e. The molecule has 9 heteroatoms. The number of ether oxygens (including phenoxy) is 1. The molecule has 2 atom stereocenters. The quantitative estimate of drug-likeness (QED) is 0.356. The first-order valence-corrected chi connectivity index (χ1v) is 14.5. The third kappa shape index (κ3) is 6.00. The Bertz CT molecular complexity index is 1240. The first-order valence-electron chi connectivity index (χ1n) is 13.8. The van der Waals surface area contributed by atoms with Crippen molar-refractivity contribution in [1.82, 2.24) is 20.4 Å². The van der Waals surface area contributed by atoms with E-state index in [-0.39, 0.29) is 30.7 Å². The van der Waals surface area contributed by atoms with E-state index in [9.17, 15) is 9.90 Å². The number of carbonyl (C=O) groups is 1. The van der Waals surface area contributed by atoms with Gasteiger partial charge in [-0.15, -0.1) is 0 Å². The van der Waals surface area contributed by atoms with Crippen LogP contribution in [0.25, 0.3) is 0 Å². The van der Waals surface area contributed by atoms with Gasteiger partial charge in [0, 0.05) is 48.3 Å². The van der Waals surface area contributed by atoms with E-state index in [4.69, 9.17) is 27.9 Å². The molecule has 0 radical (unpaired) electrons. The van der Waals surface area contributed by atoms with Crippen LogP contribution >= 0.6 is 23.2 Å². The highest BCUT2D eigenvalue weighted by atomic mass is 35.5. The van der Waals surface area contributed by atoms with Crippen molar-refractivity contribution >= 4 is 29.1 Å². The molecule has 212 valence electrons. The number of para-hydroxylation sites is 1. The lowest BCUT2D eigenvalue weighted by molar-refractivity contribution is -0.141. The molecule has 2 unspecified atom stereocenters. The molecule has 40 heavy (non-hydrogen) atoms. The summed E-state index contributed by atoms with van der Waals surface area (Å²) in [6.45, 7) is 7.20. The van der Waals surface area contributed by atoms with Gasteiger partial charge in [0.25, 0.3) is 5.91 Å². The molecule has 0 spiro atoms. The maximum atomic E-state index is 14.7. The Morgan fingerprint density at radius 1 is 0.900 bits per heavy atom. The monoisotopic (exact) mass is 582 g/mol. The Morgan fingerprint density at radius 3 is 1.93 bits per heavy atom. The third-order valence-electron chi connectivity index (χ3n) is 7.59. The smallest absolute Gasteiger partial charge is 0.262 e. The van der Waals surface area contributed by atoms with E-state index in [1.165, 1.54) is 0 Å². The van der Waals surface area contributed by atoms with Crippen LogP contribution in [0.2, 0.25) is 10.0 Å². The Kier molecular flexibility index (Phi) is 9.00. The van der Waals surface area contributed by atoms with E-state index in [1.54, 1.807) is 0 Å². The number of halogens is 2. The second kappa shape index (κ2) is 12.5. The minimum absolute atomic E-state index is 0.0635. The predicted molar refractivity (Wildman–Crippen MR) is 159 cm³/mol. The van der Waals surface area contributed by atoms with Gasteiger partial charge in [0.05, 0.1) is 24.8 Å². The van der Waals surface area contributed by atoms with E-state index in [2.05, 4.69) is 15.5 Å². The predicted octanol–water partition coefficient (Wildman–Crippen LogP) is 4.75. The maximum absolute atomic E-state index is 14.7. The molecule has 3 aromatic carbocycles. The summed E-state index contributed by atoms with van der Waals surface area (Å²) < 4.78 is 6.26. The molecule has 2 heterocycles. The molecular weight excluding hydrogens is 547 g/mol. The molecule has 0 saturated carbocycles. The molecular formula is C31H36Cl2N4O3. The second-order valence-electron chi connectivity index (χ2n) is 10.6. The third-order valence-corrected chi connectivity index (χ3v) is 8.09. The Hall–Kier alpha value is -2.65. The van der Waals surface area contributed by atoms with Gasteiger partial charge in [-0.25, -0.2) is 0 Å². The molecule has 3 N–H and O–H groups in total. The standard InChI is InChI=1S/C31H36Cl2N4O3/c1-21(2)40-27-6-4-3-5-26(27)31(30(39)37-17-15-36(16-18-37)19-20-38)34-28(22-7-11-24(32)12-8-22)29(35-31)23-9-13-25(33)14-10-23/h3-14,21,28-29,34-35,38H,15-20H2,1-2H3. The maximum Gasteiger partial charge on any atom is 0.262 e. The topological polar surface area (TPSA) is 77.1 Å².